The molecule has 7 N–H and O–H groups in total. The highest BCUT2D eigenvalue weighted by Crippen LogP contribution is 2.19. The van der Waals surface area contributed by atoms with E-state index in [2.05, 4.69) is 46.2 Å². The lowest BCUT2D eigenvalue weighted by molar-refractivity contribution is -0.141. The number of rotatable bonds is 11. The molecule has 1 aromatic heterocycles. The summed E-state index contributed by atoms with van der Waals surface area (Å²) in [7, 11) is 0. The van der Waals surface area contributed by atoms with E-state index < -0.39 is 47.9 Å². The molecule has 4 atom stereocenters. The number of hydrogen-bond donors (Lipinski definition) is 8. The van der Waals surface area contributed by atoms with Crippen LogP contribution in [0, 0.1) is 0 Å². The van der Waals surface area contributed by atoms with Crippen molar-refractivity contribution >= 4 is 59.9 Å². The largest absolute Gasteiger partial charge is 0.480 e. The van der Waals surface area contributed by atoms with Crippen LogP contribution in [0.2, 0.25) is 0 Å². The fraction of sp³-hybridized carbons (Fsp3) is 0.400. The van der Waals surface area contributed by atoms with Crippen LogP contribution < -0.4 is 21.7 Å². The Morgan fingerprint density at radius 3 is 2.28 bits per heavy atom. The second-order valence-electron chi connectivity index (χ2n) is 7.23. The van der Waals surface area contributed by atoms with E-state index in [-0.39, 0.29) is 17.9 Å². The first-order valence-corrected chi connectivity index (χ1v) is 11.1. The van der Waals surface area contributed by atoms with E-state index in [4.69, 9.17) is 5.73 Å². The number of H-pyrrole nitrogens is 1. The number of benzene rings is 1. The normalized spacial score (nSPS) is 14.8. The van der Waals surface area contributed by atoms with Crippen molar-refractivity contribution in [2.24, 2.45) is 5.73 Å². The van der Waals surface area contributed by atoms with Crippen LogP contribution in [0.4, 0.5) is 0 Å². The van der Waals surface area contributed by atoms with Crippen LogP contribution in [-0.2, 0) is 25.6 Å². The molecule has 2 aromatic rings. The average molecular weight is 482 g/mol. The lowest BCUT2D eigenvalue weighted by Gasteiger charge is -2.23. The van der Waals surface area contributed by atoms with Crippen molar-refractivity contribution in [1.82, 2.24) is 20.9 Å². The maximum Gasteiger partial charge on any atom is 0.327 e. The summed E-state index contributed by atoms with van der Waals surface area (Å²) in [5.74, 6) is -3.12. The second-order valence-corrected chi connectivity index (χ2v) is 7.96. The second kappa shape index (κ2) is 11.8. The highest BCUT2D eigenvalue weighted by molar-refractivity contribution is 7.80. The predicted octanol–water partition coefficient (Wildman–Crippen LogP) is -0.544. The Hall–Kier alpha value is -2.70. The van der Waals surface area contributed by atoms with Crippen molar-refractivity contribution in [3.63, 3.8) is 0 Å². The van der Waals surface area contributed by atoms with Crippen molar-refractivity contribution in [3.05, 3.63) is 36.0 Å². The molecule has 1 heterocycles. The molecule has 174 valence electrons. The third-order valence-corrected chi connectivity index (χ3v) is 5.57. The first kappa shape index (κ1) is 25.6. The van der Waals surface area contributed by atoms with Gasteiger partial charge in [0.05, 0.1) is 6.04 Å². The SMILES string of the molecule is CC(NC(=O)C(N)CS)C(=O)NC(Cc1c[nH]c2ccccc12)C(=O)NC(CS)C(=O)O. The maximum absolute atomic E-state index is 12.9. The molecule has 0 spiro atoms. The molecular formula is C20H27N5O5S2. The minimum absolute atomic E-state index is 0.0946. The Morgan fingerprint density at radius 2 is 1.66 bits per heavy atom. The summed E-state index contributed by atoms with van der Waals surface area (Å²) in [5.41, 5.74) is 7.22. The van der Waals surface area contributed by atoms with Gasteiger partial charge in [0.15, 0.2) is 0 Å². The van der Waals surface area contributed by atoms with Gasteiger partial charge in [0.1, 0.15) is 18.1 Å². The molecule has 4 unspecified atom stereocenters. The zero-order chi connectivity index (χ0) is 23.8. The first-order valence-electron chi connectivity index (χ1n) is 9.84. The van der Waals surface area contributed by atoms with Crippen LogP contribution in [-0.4, -0.2) is 69.5 Å². The summed E-state index contributed by atoms with van der Waals surface area (Å²) >= 11 is 7.90. The molecule has 0 aliphatic heterocycles. The van der Waals surface area contributed by atoms with Gasteiger partial charge in [-0.05, 0) is 18.6 Å². The monoisotopic (exact) mass is 481 g/mol. The van der Waals surface area contributed by atoms with Crippen molar-refractivity contribution < 1.29 is 24.3 Å². The van der Waals surface area contributed by atoms with Gasteiger partial charge in [0.25, 0.3) is 0 Å². The molecule has 0 saturated carbocycles. The van der Waals surface area contributed by atoms with E-state index in [0.29, 0.717) is 0 Å². The molecule has 12 heteroatoms. The third-order valence-electron chi connectivity index (χ3n) is 4.81. The van der Waals surface area contributed by atoms with Gasteiger partial charge in [-0.3, -0.25) is 14.4 Å². The number of hydrogen-bond acceptors (Lipinski definition) is 7. The summed E-state index contributed by atoms with van der Waals surface area (Å²) in [6.45, 7) is 1.45. The highest BCUT2D eigenvalue weighted by Gasteiger charge is 2.29. The highest BCUT2D eigenvalue weighted by atomic mass is 32.1. The van der Waals surface area contributed by atoms with Crippen LogP contribution in [0.15, 0.2) is 30.5 Å². The van der Waals surface area contributed by atoms with Crippen LogP contribution in [0.1, 0.15) is 12.5 Å². The number of carboxylic acids is 1. The number of carboxylic acid groups (broad SMARTS) is 1. The number of nitrogens with two attached hydrogens (primary N) is 1. The molecule has 32 heavy (non-hydrogen) atoms. The number of thiol groups is 2. The van der Waals surface area contributed by atoms with Gasteiger partial charge in [0.2, 0.25) is 17.7 Å². The Balaban J connectivity index is 2.21. The lowest BCUT2D eigenvalue weighted by Crippen LogP contribution is -2.57. The number of amides is 3. The third kappa shape index (κ3) is 6.65. The van der Waals surface area contributed by atoms with Crippen molar-refractivity contribution in [2.45, 2.75) is 37.5 Å². The van der Waals surface area contributed by atoms with E-state index >= 15 is 0 Å². The predicted molar refractivity (Wildman–Crippen MR) is 127 cm³/mol. The molecule has 0 aliphatic rings. The quantitative estimate of drug-likeness (QED) is 0.201. The van der Waals surface area contributed by atoms with Crippen LogP contribution >= 0.6 is 25.3 Å². The fourth-order valence-corrected chi connectivity index (χ4v) is 3.37. The summed E-state index contributed by atoms with van der Waals surface area (Å²) < 4.78 is 0. The molecule has 10 nitrogen and oxygen atoms in total. The minimum Gasteiger partial charge on any atom is -0.480 e. The number of nitrogens with one attached hydrogen (secondary N) is 4. The maximum atomic E-state index is 12.9. The Kier molecular flexibility index (Phi) is 9.42. The van der Waals surface area contributed by atoms with Crippen LogP contribution in [0.3, 0.4) is 0 Å². The standard InChI is InChI=1S/C20H27N5O5S2/c1-10(23-18(27)13(21)8-31)17(26)24-15(19(28)25-16(9-32)20(29)30)6-11-7-22-14-5-3-2-4-12(11)14/h2-5,7,10,13,15-16,22,31-32H,6,8-9,21H2,1H3,(H,23,27)(H,24,26)(H,25,28)(H,29,30). The van der Waals surface area contributed by atoms with Gasteiger partial charge in [0, 0.05) is 35.0 Å². The van der Waals surface area contributed by atoms with Gasteiger partial charge in [-0.15, -0.1) is 0 Å². The van der Waals surface area contributed by atoms with Crippen LogP contribution in [0.25, 0.3) is 10.9 Å². The number of aromatic amines is 1. The van der Waals surface area contributed by atoms with Crippen molar-refractivity contribution in [2.75, 3.05) is 11.5 Å². The summed E-state index contributed by atoms with van der Waals surface area (Å²) in [6, 6.07) is 3.26. The summed E-state index contributed by atoms with van der Waals surface area (Å²) in [4.78, 5) is 51.9. The number of aliphatic carboxylic acids is 1. The van der Waals surface area contributed by atoms with Gasteiger partial charge in [-0.2, -0.15) is 25.3 Å². The molecule has 0 fully saturated rings. The van der Waals surface area contributed by atoms with E-state index in [0.717, 1.165) is 16.5 Å². The average Bonchev–Trinajstić information content (AvgIpc) is 3.18. The number of carbonyl (C=O) groups is 4. The number of fused-ring (bicyclic) bond motifs is 1. The molecule has 1 aromatic carbocycles. The van der Waals surface area contributed by atoms with Gasteiger partial charge < -0.3 is 31.8 Å². The van der Waals surface area contributed by atoms with Crippen molar-refractivity contribution in [3.8, 4) is 0 Å². The zero-order valence-electron chi connectivity index (χ0n) is 17.4. The molecule has 3 amide bonds. The van der Waals surface area contributed by atoms with Crippen molar-refractivity contribution in [1.29, 1.82) is 0 Å². The Labute approximate surface area is 195 Å². The summed E-state index contributed by atoms with van der Waals surface area (Å²) in [6.07, 6.45) is 1.82. The minimum atomic E-state index is -1.24. The summed E-state index contributed by atoms with van der Waals surface area (Å²) in [5, 5.41) is 17.5. The number of carbonyl (C=O) groups excluding carboxylic acids is 3. The molecule has 0 radical (unpaired) electrons. The van der Waals surface area contributed by atoms with E-state index in [9.17, 15) is 24.3 Å². The number of para-hydroxylation sites is 1. The van der Waals surface area contributed by atoms with Crippen LogP contribution in [0.5, 0.6) is 0 Å². The topological polar surface area (TPSA) is 166 Å². The molecule has 0 saturated heterocycles. The van der Waals surface area contributed by atoms with Gasteiger partial charge in [-0.25, -0.2) is 4.79 Å². The molecule has 2 rings (SSSR count). The lowest BCUT2D eigenvalue weighted by atomic mass is 10.0. The van der Waals surface area contributed by atoms with E-state index in [1.807, 2.05) is 24.3 Å². The molecule has 0 bridgehead atoms. The Morgan fingerprint density at radius 1 is 1.00 bits per heavy atom. The molecule has 0 aliphatic carbocycles. The number of aromatic nitrogens is 1. The smallest absolute Gasteiger partial charge is 0.327 e. The fourth-order valence-electron chi connectivity index (χ4n) is 2.95. The van der Waals surface area contributed by atoms with Gasteiger partial charge in [-0.1, -0.05) is 18.2 Å². The molecular weight excluding hydrogens is 454 g/mol. The Bertz CT molecular complexity index is 982. The first-order chi connectivity index (χ1) is 15.2. The van der Waals surface area contributed by atoms with E-state index in [1.165, 1.54) is 6.92 Å². The van der Waals surface area contributed by atoms with Gasteiger partial charge >= 0.3 is 5.97 Å². The zero-order valence-corrected chi connectivity index (χ0v) is 19.2. The van der Waals surface area contributed by atoms with E-state index in [1.54, 1.807) is 6.20 Å².